The minimum absolute atomic E-state index is 0.341. The zero-order valence-corrected chi connectivity index (χ0v) is 12.2. The zero-order valence-electron chi connectivity index (χ0n) is 10.7. The van der Waals surface area contributed by atoms with E-state index in [9.17, 15) is 0 Å². The molecule has 1 fully saturated rings. The first kappa shape index (κ1) is 13.8. The summed E-state index contributed by atoms with van der Waals surface area (Å²) in [6.45, 7) is 5.30. The number of hydrogen-bond acceptors (Lipinski definition) is 4. The second kappa shape index (κ2) is 6.04. The van der Waals surface area contributed by atoms with E-state index >= 15 is 0 Å². The summed E-state index contributed by atoms with van der Waals surface area (Å²) in [6, 6.07) is 0.394. The van der Waals surface area contributed by atoms with Gasteiger partial charge >= 0.3 is 0 Å². The third-order valence-electron chi connectivity index (χ3n) is 3.32. The molecule has 0 amide bonds. The Kier molecular flexibility index (Phi) is 4.65. The normalized spacial score (nSPS) is 22.0. The Morgan fingerprint density at radius 2 is 2.17 bits per heavy atom. The molecule has 1 atom stereocenters. The first-order valence-electron chi connectivity index (χ1n) is 6.14. The maximum absolute atomic E-state index is 6.09. The number of anilines is 1. The highest BCUT2D eigenvalue weighted by atomic mass is 35.5. The number of rotatable bonds is 2. The molecule has 4 nitrogen and oxygen atoms in total. The molecule has 1 aliphatic heterocycles. The molecule has 0 radical (unpaired) electrons. The van der Waals surface area contributed by atoms with Crippen LogP contribution < -0.4 is 4.90 Å². The molecule has 6 heteroatoms. The van der Waals surface area contributed by atoms with Gasteiger partial charge in [-0.3, -0.25) is 0 Å². The molecule has 0 bridgehead atoms. The molecule has 0 aliphatic carbocycles. The van der Waals surface area contributed by atoms with E-state index in [4.69, 9.17) is 23.2 Å². The predicted octanol–water partition coefficient (Wildman–Crippen LogP) is 2.40. The van der Waals surface area contributed by atoms with Crippen molar-refractivity contribution in [2.45, 2.75) is 25.3 Å². The minimum atomic E-state index is 0.341. The number of hydrogen-bond donors (Lipinski definition) is 0. The van der Waals surface area contributed by atoms with Crippen LogP contribution in [0, 0.1) is 0 Å². The van der Waals surface area contributed by atoms with Gasteiger partial charge in [0.2, 0.25) is 0 Å². The van der Waals surface area contributed by atoms with Crippen LogP contribution in [-0.2, 0) is 5.88 Å². The van der Waals surface area contributed by atoms with E-state index in [1.807, 2.05) is 0 Å². The fourth-order valence-corrected chi connectivity index (χ4v) is 2.94. The van der Waals surface area contributed by atoms with Crippen LogP contribution in [0.4, 0.5) is 5.82 Å². The van der Waals surface area contributed by atoms with Crippen molar-refractivity contribution in [2.24, 2.45) is 0 Å². The van der Waals surface area contributed by atoms with Gasteiger partial charge in [-0.15, -0.1) is 11.6 Å². The summed E-state index contributed by atoms with van der Waals surface area (Å²) in [5.74, 6) is 1.22. The highest BCUT2D eigenvalue weighted by molar-refractivity contribution is 6.31. The molecule has 1 aromatic rings. The number of nitrogens with zero attached hydrogens (tertiary/aromatic N) is 4. The van der Waals surface area contributed by atoms with E-state index in [-0.39, 0.29) is 0 Å². The van der Waals surface area contributed by atoms with Gasteiger partial charge in [-0.25, -0.2) is 9.97 Å². The smallest absolute Gasteiger partial charge is 0.138 e. The molecule has 0 saturated carbocycles. The molecule has 1 saturated heterocycles. The summed E-state index contributed by atoms with van der Waals surface area (Å²) < 4.78 is 0. The highest BCUT2D eigenvalue weighted by Crippen LogP contribution is 2.27. The molecule has 100 valence electrons. The molecule has 1 aliphatic rings. The molecule has 2 heterocycles. The van der Waals surface area contributed by atoms with Crippen LogP contribution in [0.1, 0.15) is 18.9 Å². The number of likely N-dealkylation sites (N-methyl/N-ethyl adjacent to an activating group) is 1. The van der Waals surface area contributed by atoms with Crippen molar-refractivity contribution in [2.75, 3.05) is 31.6 Å². The Bertz CT molecular complexity index is 413. The summed E-state index contributed by atoms with van der Waals surface area (Å²) in [7, 11) is 2.15. The fraction of sp³-hybridized carbons (Fsp3) is 0.667. The second-order valence-electron chi connectivity index (χ2n) is 4.76. The summed E-state index contributed by atoms with van der Waals surface area (Å²) in [6.07, 6.45) is 2.62. The average molecular weight is 289 g/mol. The van der Waals surface area contributed by atoms with Crippen LogP contribution in [0.3, 0.4) is 0 Å². The maximum Gasteiger partial charge on any atom is 0.138 e. The molecular formula is C12H18Cl2N4. The third-order valence-corrected chi connectivity index (χ3v) is 3.92. The molecule has 1 unspecified atom stereocenters. The van der Waals surface area contributed by atoms with Gasteiger partial charge in [0.15, 0.2) is 0 Å². The lowest BCUT2D eigenvalue weighted by Gasteiger charge is -2.30. The lowest BCUT2D eigenvalue weighted by Crippen LogP contribution is -2.39. The standard InChI is InChI=1S/C12H18Cl2N4/c1-9-7-17(2)4-3-5-18(9)12-10(6-13)11(14)15-8-16-12/h8-9H,3-7H2,1-2H3. The first-order valence-corrected chi connectivity index (χ1v) is 7.05. The first-order chi connectivity index (χ1) is 8.63. The van der Waals surface area contributed by atoms with Crippen molar-refractivity contribution in [1.82, 2.24) is 14.9 Å². The van der Waals surface area contributed by atoms with E-state index in [0.717, 1.165) is 37.4 Å². The molecule has 0 spiro atoms. The van der Waals surface area contributed by atoms with E-state index in [1.165, 1.54) is 6.33 Å². The van der Waals surface area contributed by atoms with Gasteiger partial charge in [0, 0.05) is 24.7 Å². The summed E-state index contributed by atoms with van der Waals surface area (Å²) in [5, 5.41) is 0.458. The largest absolute Gasteiger partial charge is 0.352 e. The molecule has 2 rings (SSSR count). The molecule has 1 aromatic heterocycles. The van der Waals surface area contributed by atoms with E-state index < -0.39 is 0 Å². The van der Waals surface area contributed by atoms with Gasteiger partial charge < -0.3 is 9.80 Å². The Hall–Kier alpha value is -0.580. The van der Waals surface area contributed by atoms with Crippen LogP contribution in [0.5, 0.6) is 0 Å². The van der Waals surface area contributed by atoms with Gasteiger partial charge in [-0.05, 0) is 26.9 Å². The van der Waals surface area contributed by atoms with Gasteiger partial charge in [0.1, 0.15) is 17.3 Å². The minimum Gasteiger partial charge on any atom is -0.352 e. The van der Waals surface area contributed by atoms with Crippen molar-refractivity contribution in [3.05, 3.63) is 17.0 Å². The van der Waals surface area contributed by atoms with Crippen LogP contribution in [0.15, 0.2) is 6.33 Å². The average Bonchev–Trinajstić information content (AvgIpc) is 2.49. The third kappa shape index (κ3) is 2.87. The van der Waals surface area contributed by atoms with Crippen LogP contribution in [0.2, 0.25) is 5.15 Å². The lowest BCUT2D eigenvalue weighted by atomic mass is 10.2. The molecule has 0 N–H and O–H groups in total. The quantitative estimate of drug-likeness (QED) is 0.618. The molecule has 18 heavy (non-hydrogen) atoms. The number of halogens is 2. The van der Waals surface area contributed by atoms with Crippen molar-refractivity contribution in [3.63, 3.8) is 0 Å². The maximum atomic E-state index is 6.09. The van der Waals surface area contributed by atoms with Crippen molar-refractivity contribution in [3.8, 4) is 0 Å². The Labute approximate surface area is 118 Å². The van der Waals surface area contributed by atoms with E-state index in [2.05, 4.69) is 33.7 Å². The molecule has 0 aromatic carbocycles. The van der Waals surface area contributed by atoms with Crippen LogP contribution in [0.25, 0.3) is 0 Å². The van der Waals surface area contributed by atoms with E-state index in [1.54, 1.807) is 0 Å². The number of aromatic nitrogens is 2. The lowest BCUT2D eigenvalue weighted by molar-refractivity contribution is 0.337. The van der Waals surface area contributed by atoms with Gasteiger partial charge in [0.25, 0.3) is 0 Å². The van der Waals surface area contributed by atoms with Crippen LogP contribution >= 0.6 is 23.2 Å². The van der Waals surface area contributed by atoms with Gasteiger partial charge in [-0.1, -0.05) is 11.6 Å². The Morgan fingerprint density at radius 1 is 1.39 bits per heavy atom. The number of alkyl halides is 1. The SMILES string of the molecule is CC1CN(C)CCCN1c1ncnc(Cl)c1CCl. The highest BCUT2D eigenvalue weighted by Gasteiger charge is 2.23. The van der Waals surface area contributed by atoms with Gasteiger partial charge in [-0.2, -0.15) is 0 Å². The summed E-state index contributed by atoms with van der Waals surface area (Å²) in [5.41, 5.74) is 0.831. The fourth-order valence-electron chi connectivity index (χ4n) is 2.43. The summed E-state index contributed by atoms with van der Waals surface area (Å²) >= 11 is 12.1. The predicted molar refractivity (Wildman–Crippen MR) is 75.5 cm³/mol. The Balaban J connectivity index is 2.32. The topological polar surface area (TPSA) is 32.3 Å². The van der Waals surface area contributed by atoms with Gasteiger partial charge in [0.05, 0.1) is 5.88 Å². The van der Waals surface area contributed by atoms with Crippen molar-refractivity contribution in [1.29, 1.82) is 0 Å². The van der Waals surface area contributed by atoms with Crippen molar-refractivity contribution < 1.29 is 0 Å². The summed E-state index contributed by atoms with van der Waals surface area (Å²) in [4.78, 5) is 13.0. The zero-order chi connectivity index (χ0) is 13.1. The Morgan fingerprint density at radius 3 is 2.89 bits per heavy atom. The van der Waals surface area contributed by atoms with Crippen molar-refractivity contribution >= 4 is 29.0 Å². The van der Waals surface area contributed by atoms with Crippen LogP contribution in [-0.4, -0.2) is 47.6 Å². The second-order valence-corrected chi connectivity index (χ2v) is 5.38. The monoisotopic (exact) mass is 288 g/mol. The molecular weight excluding hydrogens is 271 g/mol. The van der Waals surface area contributed by atoms with E-state index in [0.29, 0.717) is 17.1 Å².